The predicted molar refractivity (Wildman–Crippen MR) is 79.9 cm³/mol. The van der Waals surface area contributed by atoms with E-state index in [0.717, 1.165) is 12.0 Å². The van der Waals surface area contributed by atoms with E-state index in [1.165, 1.54) is 12.1 Å². The van der Waals surface area contributed by atoms with Crippen molar-refractivity contribution in [3.05, 3.63) is 52.3 Å². The number of nitro groups is 1. The topological polar surface area (TPSA) is 110 Å². The fourth-order valence-electron chi connectivity index (χ4n) is 1.90. The minimum Gasteiger partial charge on any atom is -0.354 e. The molecule has 2 rings (SSSR count). The van der Waals surface area contributed by atoms with Gasteiger partial charge in [0.25, 0.3) is 0 Å². The summed E-state index contributed by atoms with van der Waals surface area (Å²) in [5, 5.41) is 11.1. The number of hydrogen-bond acceptors (Lipinski definition) is 7. The zero-order valence-electron chi connectivity index (χ0n) is 11.6. The van der Waals surface area contributed by atoms with Gasteiger partial charge in [-0.1, -0.05) is 0 Å². The molecule has 110 valence electrons. The van der Waals surface area contributed by atoms with Gasteiger partial charge in [0, 0.05) is 32.1 Å². The molecule has 0 radical (unpaired) electrons. The highest BCUT2D eigenvalue weighted by Crippen LogP contribution is 2.26. The molecule has 3 N–H and O–H groups in total. The summed E-state index contributed by atoms with van der Waals surface area (Å²) in [4.78, 5) is 20.5. The fraction of sp³-hybridized carbons (Fsp3) is 0.231. The Morgan fingerprint density at radius 3 is 2.67 bits per heavy atom. The predicted octanol–water partition coefficient (Wildman–Crippen LogP) is 1.35. The standard InChI is InChI=1S/C13H16N6O2/c1-18(9-6-10-4-7-15-8-5-10)13-11(19(20)21)2-3-12(16-13)17-14/h2-5,7-8H,6,9,14H2,1H3,(H,16,17). The highest BCUT2D eigenvalue weighted by Gasteiger charge is 2.19. The van der Waals surface area contributed by atoms with Crippen LogP contribution in [0, 0.1) is 10.1 Å². The summed E-state index contributed by atoms with van der Waals surface area (Å²) in [5.74, 6) is 5.97. The molecule has 0 bridgehead atoms. The minimum atomic E-state index is -0.453. The molecule has 2 aromatic heterocycles. The van der Waals surface area contributed by atoms with Crippen molar-refractivity contribution >= 4 is 17.3 Å². The van der Waals surface area contributed by atoms with Crippen LogP contribution >= 0.6 is 0 Å². The van der Waals surface area contributed by atoms with Gasteiger partial charge in [-0.2, -0.15) is 0 Å². The summed E-state index contributed by atoms with van der Waals surface area (Å²) >= 11 is 0. The number of hydrazine groups is 1. The van der Waals surface area contributed by atoms with Gasteiger partial charge in [0.15, 0.2) is 0 Å². The molecule has 0 spiro atoms. The number of hydrogen-bond donors (Lipinski definition) is 2. The molecule has 21 heavy (non-hydrogen) atoms. The lowest BCUT2D eigenvalue weighted by atomic mass is 10.2. The summed E-state index contributed by atoms with van der Waals surface area (Å²) in [6.07, 6.45) is 4.17. The summed E-state index contributed by atoms with van der Waals surface area (Å²) in [5.41, 5.74) is 3.45. The van der Waals surface area contributed by atoms with Crippen molar-refractivity contribution in [1.82, 2.24) is 9.97 Å². The van der Waals surface area contributed by atoms with Crippen molar-refractivity contribution < 1.29 is 4.92 Å². The van der Waals surface area contributed by atoms with E-state index in [4.69, 9.17) is 5.84 Å². The Morgan fingerprint density at radius 2 is 2.05 bits per heavy atom. The lowest BCUT2D eigenvalue weighted by Crippen LogP contribution is -2.23. The minimum absolute atomic E-state index is 0.0498. The van der Waals surface area contributed by atoms with Crippen LogP contribution in [0.5, 0.6) is 0 Å². The van der Waals surface area contributed by atoms with E-state index in [1.54, 1.807) is 24.3 Å². The molecule has 0 aliphatic heterocycles. The summed E-state index contributed by atoms with van der Waals surface area (Å²) in [7, 11) is 1.76. The molecule has 0 fully saturated rings. The number of nitrogen functional groups attached to an aromatic ring is 1. The second kappa shape index (κ2) is 6.62. The number of nitrogens with two attached hydrogens (primary N) is 1. The lowest BCUT2D eigenvalue weighted by molar-refractivity contribution is -0.384. The van der Waals surface area contributed by atoms with Crippen molar-refractivity contribution in [2.45, 2.75) is 6.42 Å². The molecule has 0 saturated heterocycles. The van der Waals surface area contributed by atoms with Gasteiger partial charge in [-0.05, 0) is 30.2 Å². The third-order valence-corrected chi connectivity index (χ3v) is 3.05. The normalized spacial score (nSPS) is 10.2. The number of rotatable bonds is 6. The third-order valence-electron chi connectivity index (χ3n) is 3.05. The van der Waals surface area contributed by atoms with Gasteiger partial charge in [-0.25, -0.2) is 10.8 Å². The molecule has 0 unspecified atom stereocenters. The Bertz CT molecular complexity index is 619. The Morgan fingerprint density at radius 1 is 1.33 bits per heavy atom. The molecule has 2 aromatic rings. The van der Waals surface area contributed by atoms with Crippen LogP contribution < -0.4 is 16.2 Å². The number of nitrogens with zero attached hydrogens (tertiary/aromatic N) is 4. The third kappa shape index (κ3) is 3.63. The van der Waals surface area contributed by atoms with Crippen LogP contribution in [-0.2, 0) is 6.42 Å². The van der Waals surface area contributed by atoms with Crippen molar-refractivity contribution in [3.63, 3.8) is 0 Å². The number of likely N-dealkylation sites (N-methyl/N-ethyl adjacent to an activating group) is 1. The highest BCUT2D eigenvalue weighted by molar-refractivity contribution is 5.61. The first-order valence-corrected chi connectivity index (χ1v) is 6.34. The summed E-state index contributed by atoms with van der Waals surface area (Å²) in [6.45, 7) is 0.589. The molecule has 8 nitrogen and oxygen atoms in total. The first kappa shape index (κ1) is 14.7. The molecule has 2 heterocycles. The van der Waals surface area contributed by atoms with Gasteiger partial charge in [-0.15, -0.1) is 0 Å². The molecular weight excluding hydrogens is 272 g/mol. The van der Waals surface area contributed by atoms with Crippen molar-refractivity contribution in [2.75, 3.05) is 23.9 Å². The Kier molecular flexibility index (Phi) is 4.62. The maximum atomic E-state index is 11.1. The zero-order chi connectivity index (χ0) is 15.2. The van der Waals surface area contributed by atoms with E-state index in [-0.39, 0.29) is 11.5 Å². The molecule has 0 aromatic carbocycles. The maximum Gasteiger partial charge on any atom is 0.311 e. The molecule has 0 amide bonds. The van der Waals surface area contributed by atoms with Crippen LogP contribution in [0.15, 0.2) is 36.7 Å². The van der Waals surface area contributed by atoms with Gasteiger partial charge in [0.2, 0.25) is 5.82 Å². The first-order valence-electron chi connectivity index (χ1n) is 6.34. The quantitative estimate of drug-likeness (QED) is 0.469. The van der Waals surface area contributed by atoms with Gasteiger partial charge < -0.3 is 10.3 Å². The zero-order valence-corrected chi connectivity index (χ0v) is 11.6. The smallest absolute Gasteiger partial charge is 0.311 e. The van der Waals surface area contributed by atoms with Crippen LogP contribution in [0.1, 0.15) is 5.56 Å². The first-order chi connectivity index (χ1) is 10.1. The second-order valence-corrected chi connectivity index (χ2v) is 4.47. The molecule has 0 aliphatic rings. The van der Waals surface area contributed by atoms with Crippen LogP contribution in [-0.4, -0.2) is 28.5 Å². The van der Waals surface area contributed by atoms with Gasteiger partial charge in [0.1, 0.15) is 5.82 Å². The monoisotopic (exact) mass is 288 g/mol. The summed E-state index contributed by atoms with van der Waals surface area (Å²) in [6, 6.07) is 6.68. The van der Waals surface area contributed by atoms with Gasteiger partial charge in [-0.3, -0.25) is 15.1 Å². The van der Waals surface area contributed by atoms with E-state index < -0.39 is 4.92 Å². The number of pyridine rings is 2. The lowest BCUT2D eigenvalue weighted by Gasteiger charge is -2.18. The van der Waals surface area contributed by atoms with E-state index in [0.29, 0.717) is 12.4 Å². The van der Waals surface area contributed by atoms with E-state index >= 15 is 0 Å². The highest BCUT2D eigenvalue weighted by atomic mass is 16.6. The van der Waals surface area contributed by atoms with Gasteiger partial charge >= 0.3 is 5.69 Å². The second-order valence-electron chi connectivity index (χ2n) is 4.47. The number of anilines is 2. The number of aromatic nitrogens is 2. The Hall–Kier alpha value is -2.74. The fourth-order valence-corrected chi connectivity index (χ4v) is 1.90. The van der Waals surface area contributed by atoms with Crippen LogP contribution in [0.25, 0.3) is 0 Å². The maximum absolute atomic E-state index is 11.1. The van der Waals surface area contributed by atoms with Crippen molar-refractivity contribution in [3.8, 4) is 0 Å². The van der Waals surface area contributed by atoms with E-state index in [1.807, 2.05) is 12.1 Å². The van der Waals surface area contributed by atoms with Crippen molar-refractivity contribution in [2.24, 2.45) is 5.84 Å². The Labute approximate surface area is 121 Å². The van der Waals surface area contributed by atoms with E-state index in [2.05, 4.69) is 15.4 Å². The largest absolute Gasteiger partial charge is 0.354 e. The molecule has 0 aliphatic carbocycles. The SMILES string of the molecule is CN(CCc1ccncc1)c1nc(NN)ccc1[N+](=O)[O-]. The molecular formula is C13H16N6O2. The van der Waals surface area contributed by atoms with Gasteiger partial charge in [0.05, 0.1) is 4.92 Å². The summed E-state index contributed by atoms with van der Waals surface area (Å²) < 4.78 is 0. The molecule has 0 saturated carbocycles. The Balaban J connectivity index is 2.17. The van der Waals surface area contributed by atoms with E-state index in [9.17, 15) is 10.1 Å². The average Bonchev–Trinajstić information content (AvgIpc) is 2.52. The average molecular weight is 288 g/mol. The van der Waals surface area contributed by atoms with Crippen LogP contribution in [0.4, 0.5) is 17.3 Å². The van der Waals surface area contributed by atoms with Crippen molar-refractivity contribution in [1.29, 1.82) is 0 Å². The van der Waals surface area contributed by atoms with Crippen LogP contribution in [0.2, 0.25) is 0 Å². The number of nitrogens with one attached hydrogen (secondary N) is 1. The molecule has 0 atom stereocenters. The molecule has 8 heteroatoms. The van der Waals surface area contributed by atoms with Crippen LogP contribution in [0.3, 0.4) is 0 Å².